The van der Waals surface area contributed by atoms with Gasteiger partial charge in [0.15, 0.2) is 0 Å². The molecule has 108 valence electrons. The summed E-state index contributed by atoms with van der Waals surface area (Å²) in [6, 6.07) is 2.93. The molecule has 2 N–H and O–H groups in total. The van der Waals surface area contributed by atoms with E-state index in [1.165, 1.54) is 6.07 Å². The van der Waals surface area contributed by atoms with Crippen LogP contribution >= 0.6 is 0 Å². The maximum Gasteiger partial charge on any atom is 0.268 e. The molecule has 0 saturated carbocycles. The van der Waals surface area contributed by atoms with Crippen molar-refractivity contribution < 1.29 is 4.42 Å². The highest BCUT2D eigenvalue weighted by atomic mass is 16.4. The van der Waals surface area contributed by atoms with Crippen LogP contribution in [0.3, 0.4) is 0 Å². The zero-order valence-electron chi connectivity index (χ0n) is 11.9. The Kier molecular flexibility index (Phi) is 4.29. The van der Waals surface area contributed by atoms with Crippen molar-refractivity contribution in [2.45, 2.75) is 39.2 Å². The lowest BCUT2D eigenvalue weighted by atomic mass is 10.1. The summed E-state index contributed by atoms with van der Waals surface area (Å²) < 4.78 is 5.51. The molecule has 0 atom stereocenters. The molecule has 20 heavy (non-hydrogen) atoms. The lowest BCUT2D eigenvalue weighted by molar-refractivity contribution is 0.412. The molecule has 0 unspecified atom stereocenters. The number of aromatic amines is 1. The van der Waals surface area contributed by atoms with Crippen LogP contribution in [0.1, 0.15) is 33.1 Å². The third-order valence-corrected chi connectivity index (χ3v) is 2.59. The van der Waals surface area contributed by atoms with Crippen LogP contribution in [0.4, 0.5) is 0 Å². The van der Waals surface area contributed by atoms with Gasteiger partial charge in [-0.15, -0.1) is 10.2 Å². The van der Waals surface area contributed by atoms with Crippen molar-refractivity contribution in [1.29, 1.82) is 0 Å². The Morgan fingerprint density at radius 1 is 1.30 bits per heavy atom. The van der Waals surface area contributed by atoms with E-state index in [0.717, 1.165) is 13.0 Å². The van der Waals surface area contributed by atoms with Gasteiger partial charge in [-0.2, -0.15) is 5.10 Å². The van der Waals surface area contributed by atoms with Crippen LogP contribution in [0.2, 0.25) is 0 Å². The second-order valence-corrected chi connectivity index (χ2v) is 5.59. The summed E-state index contributed by atoms with van der Waals surface area (Å²) >= 11 is 0. The molecule has 0 aromatic carbocycles. The van der Waals surface area contributed by atoms with E-state index >= 15 is 0 Å². The summed E-state index contributed by atoms with van der Waals surface area (Å²) in [5.41, 5.74) is 0.317. The van der Waals surface area contributed by atoms with Crippen LogP contribution in [0.25, 0.3) is 11.6 Å². The molecular formula is C13H19N5O2. The molecule has 0 saturated heterocycles. The van der Waals surface area contributed by atoms with Gasteiger partial charge in [-0.1, -0.05) is 0 Å². The van der Waals surface area contributed by atoms with Crippen molar-refractivity contribution in [2.24, 2.45) is 0 Å². The number of H-pyrrole nitrogens is 1. The first-order valence-electron chi connectivity index (χ1n) is 6.57. The topological polar surface area (TPSA) is 96.7 Å². The second-order valence-electron chi connectivity index (χ2n) is 5.59. The molecule has 0 aliphatic heterocycles. The Hall–Kier alpha value is -2.02. The van der Waals surface area contributed by atoms with E-state index in [-0.39, 0.29) is 11.1 Å². The highest BCUT2D eigenvalue weighted by Crippen LogP contribution is 2.13. The maximum absolute atomic E-state index is 10.9. The zero-order chi connectivity index (χ0) is 14.6. The Bertz CT molecular complexity index is 591. The van der Waals surface area contributed by atoms with Crippen molar-refractivity contribution in [3.63, 3.8) is 0 Å². The third kappa shape index (κ3) is 4.27. The number of nitrogens with one attached hydrogen (secondary N) is 2. The van der Waals surface area contributed by atoms with Crippen LogP contribution in [-0.2, 0) is 6.42 Å². The molecule has 2 aromatic heterocycles. The summed E-state index contributed by atoms with van der Waals surface area (Å²) in [6.45, 7) is 7.26. The molecule has 0 fully saturated rings. The normalized spacial score (nSPS) is 11.8. The van der Waals surface area contributed by atoms with Gasteiger partial charge in [-0.05, 0) is 39.8 Å². The smallest absolute Gasteiger partial charge is 0.268 e. The van der Waals surface area contributed by atoms with Crippen LogP contribution in [0.15, 0.2) is 21.3 Å². The summed E-state index contributed by atoms with van der Waals surface area (Å²) in [6.07, 6.45) is 1.62. The Morgan fingerprint density at radius 2 is 2.10 bits per heavy atom. The van der Waals surface area contributed by atoms with Crippen LogP contribution in [-0.4, -0.2) is 32.5 Å². The molecule has 0 spiro atoms. The largest absolute Gasteiger partial charge is 0.419 e. The maximum atomic E-state index is 10.9. The predicted octanol–water partition coefficient (Wildman–Crippen LogP) is 1.14. The number of hydrogen-bond donors (Lipinski definition) is 2. The Balaban J connectivity index is 1.89. The number of aryl methyl sites for hydroxylation is 1. The molecule has 0 radical (unpaired) electrons. The fraction of sp³-hybridized carbons (Fsp3) is 0.538. The fourth-order valence-corrected chi connectivity index (χ4v) is 1.62. The highest BCUT2D eigenvalue weighted by molar-refractivity contribution is 5.43. The lowest BCUT2D eigenvalue weighted by Crippen LogP contribution is -2.36. The van der Waals surface area contributed by atoms with Gasteiger partial charge in [-0.3, -0.25) is 4.79 Å². The number of aromatic nitrogens is 4. The molecule has 7 heteroatoms. The van der Waals surface area contributed by atoms with Crippen molar-refractivity contribution in [1.82, 2.24) is 25.7 Å². The van der Waals surface area contributed by atoms with Crippen molar-refractivity contribution in [2.75, 3.05) is 6.54 Å². The van der Waals surface area contributed by atoms with E-state index < -0.39 is 0 Å². The Morgan fingerprint density at radius 3 is 2.75 bits per heavy atom. The molecule has 0 bridgehead atoms. The number of nitrogens with zero attached hydrogens (tertiary/aromatic N) is 3. The van der Waals surface area contributed by atoms with E-state index in [9.17, 15) is 4.79 Å². The molecule has 2 heterocycles. The quantitative estimate of drug-likeness (QED) is 0.795. The van der Waals surface area contributed by atoms with Gasteiger partial charge in [0.1, 0.15) is 5.69 Å². The standard InChI is InChI=1S/C13H19N5O2/c1-13(2,3)14-8-4-5-11-17-18-12(20-11)9-6-7-10(19)16-15-9/h6-7,14H,4-5,8H2,1-3H3,(H,16,19). The van der Waals surface area contributed by atoms with Gasteiger partial charge in [0.2, 0.25) is 5.89 Å². The van der Waals surface area contributed by atoms with Gasteiger partial charge < -0.3 is 9.73 Å². The molecule has 2 rings (SSSR count). The molecule has 0 amide bonds. The predicted molar refractivity (Wildman–Crippen MR) is 74.2 cm³/mol. The van der Waals surface area contributed by atoms with Gasteiger partial charge in [0, 0.05) is 18.0 Å². The average molecular weight is 277 g/mol. The van der Waals surface area contributed by atoms with Gasteiger partial charge in [-0.25, -0.2) is 5.10 Å². The first kappa shape index (κ1) is 14.4. The minimum Gasteiger partial charge on any atom is -0.419 e. The van der Waals surface area contributed by atoms with Crippen molar-refractivity contribution in [3.05, 3.63) is 28.4 Å². The summed E-state index contributed by atoms with van der Waals surface area (Å²) in [4.78, 5) is 10.9. The molecule has 2 aromatic rings. The van der Waals surface area contributed by atoms with Crippen molar-refractivity contribution >= 4 is 0 Å². The molecule has 7 nitrogen and oxygen atoms in total. The van der Waals surface area contributed by atoms with Crippen molar-refractivity contribution in [3.8, 4) is 11.6 Å². The van der Waals surface area contributed by atoms with E-state index in [4.69, 9.17) is 4.42 Å². The van der Waals surface area contributed by atoms with Crippen LogP contribution in [0, 0.1) is 0 Å². The summed E-state index contributed by atoms with van der Waals surface area (Å²) in [5.74, 6) is 0.892. The first-order valence-corrected chi connectivity index (χ1v) is 6.57. The Labute approximate surface area is 116 Å². The van der Waals surface area contributed by atoms with Gasteiger partial charge >= 0.3 is 0 Å². The average Bonchev–Trinajstić information content (AvgIpc) is 2.83. The van der Waals surface area contributed by atoms with Gasteiger partial charge in [0.25, 0.3) is 11.4 Å². The first-order chi connectivity index (χ1) is 9.44. The third-order valence-electron chi connectivity index (χ3n) is 2.59. The summed E-state index contributed by atoms with van der Waals surface area (Å²) in [5, 5.41) is 17.5. The highest BCUT2D eigenvalue weighted by Gasteiger charge is 2.11. The van der Waals surface area contributed by atoms with E-state index in [2.05, 4.69) is 46.5 Å². The van der Waals surface area contributed by atoms with Gasteiger partial charge in [0.05, 0.1) is 0 Å². The fourth-order valence-electron chi connectivity index (χ4n) is 1.62. The van der Waals surface area contributed by atoms with E-state index in [1.54, 1.807) is 6.07 Å². The minimum absolute atomic E-state index is 0.111. The second kappa shape index (κ2) is 5.96. The summed E-state index contributed by atoms with van der Waals surface area (Å²) in [7, 11) is 0. The lowest BCUT2D eigenvalue weighted by Gasteiger charge is -2.19. The zero-order valence-corrected chi connectivity index (χ0v) is 11.9. The molecule has 0 aliphatic carbocycles. The van der Waals surface area contributed by atoms with E-state index in [1.807, 2.05) is 0 Å². The van der Waals surface area contributed by atoms with E-state index in [0.29, 0.717) is 23.9 Å². The minimum atomic E-state index is -0.262. The molecule has 0 aliphatic rings. The number of rotatable bonds is 5. The molecular weight excluding hydrogens is 258 g/mol. The van der Waals surface area contributed by atoms with Crippen LogP contribution < -0.4 is 10.9 Å². The number of hydrogen-bond acceptors (Lipinski definition) is 6. The SMILES string of the molecule is CC(C)(C)NCCCc1nnc(-c2ccc(=O)[nH]n2)o1. The monoisotopic (exact) mass is 277 g/mol. The van der Waals surface area contributed by atoms with Crippen LogP contribution in [0.5, 0.6) is 0 Å².